The lowest BCUT2D eigenvalue weighted by Crippen LogP contribution is -2.46. The second kappa shape index (κ2) is 10.1. The van der Waals surface area contributed by atoms with Crippen LogP contribution in [-0.4, -0.2) is 70.1 Å². The number of aliphatic hydroxyl groups excluding tert-OH is 3. The Morgan fingerprint density at radius 1 is 1.14 bits per heavy atom. The summed E-state index contributed by atoms with van der Waals surface area (Å²) in [6.07, 6.45) is -2.11. The summed E-state index contributed by atoms with van der Waals surface area (Å²) in [5.74, 6) is -1.03. The molecule has 0 rings (SSSR count). The van der Waals surface area contributed by atoms with Gasteiger partial charge in [-0.05, 0) is 25.7 Å². The quantitative estimate of drug-likeness (QED) is 0.411. The Morgan fingerprint density at radius 2 is 1.73 bits per heavy atom. The minimum absolute atomic E-state index is 0.108. The Bertz CT molecular complexity index is 321. The van der Waals surface area contributed by atoms with Crippen molar-refractivity contribution in [1.82, 2.24) is 0 Å². The highest BCUT2D eigenvalue weighted by atomic mass is 16.5. The molecule has 7 heteroatoms. The van der Waals surface area contributed by atoms with Crippen molar-refractivity contribution in [3.63, 3.8) is 0 Å². The van der Waals surface area contributed by atoms with Gasteiger partial charge < -0.3 is 29.9 Å². The predicted molar refractivity (Wildman–Crippen MR) is 80.6 cm³/mol. The van der Waals surface area contributed by atoms with E-state index in [9.17, 15) is 15.0 Å². The molecule has 0 aliphatic heterocycles. The van der Waals surface area contributed by atoms with Crippen molar-refractivity contribution in [1.29, 1.82) is 0 Å². The molecule has 0 aromatic rings. The van der Waals surface area contributed by atoms with Crippen LogP contribution in [0.15, 0.2) is 0 Å². The first-order chi connectivity index (χ1) is 10.1. The van der Waals surface area contributed by atoms with Gasteiger partial charge in [-0.1, -0.05) is 20.8 Å². The first-order valence-electron chi connectivity index (χ1n) is 7.61. The van der Waals surface area contributed by atoms with Crippen LogP contribution in [0.25, 0.3) is 0 Å². The number of aliphatic hydroxyl groups is 3. The van der Waals surface area contributed by atoms with Crippen LogP contribution in [0.2, 0.25) is 0 Å². The van der Waals surface area contributed by atoms with Gasteiger partial charge in [0.2, 0.25) is 0 Å². The van der Waals surface area contributed by atoms with Crippen LogP contribution in [0.3, 0.4) is 0 Å². The summed E-state index contributed by atoms with van der Waals surface area (Å²) in [6, 6.07) is 0. The van der Waals surface area contributed by atoms with Crippen molar-refractivity contribution in [3.8, 4) is 0 Å². The maximum atomic E-state index is 10.4. The fourth-order valence-corrected chi connectivity index (χ4v) is 1.87. The molecule has 4 N–H and O–H groups in total. The van der Waals surface area contributed by atoms with E-state index in [0.29, 0.717) is 18.8 Å². The first-order valence-corrected chi connectivity index (χ1v) is 7.61. The minimum atomic E-state index is -1.62. The molecule has 0 saturated carbocycles. The molecule has 0 heterocycles. The zero-order valence-corrected chi connectivity index (χ0v) is 13.9. The smallest absolute Gasteiger partial charge is 0.334 e. The average Bonchev–Trinajstić information content (AvgIpc) is 2.43. The Hall–Kier alpha value is -0.730. The molecule has 0 saturated heterocycles. The van der Waals surface area contributed by atoms with Crippen molar-refractivity contribution in [2.24, 2.45) is 5.92 Å². The van der Waals surface area contributed by atoms with Crippen LogP contribution in [0.4, 0.5) is 0 Å². The van der Waals surface area contributed by atoms with E-state index in [0.717, 1.165) is 0 Å². The predicted octanol–water partition coefficient (Wildman–Crippen LogP) is 0.402. The molecule has 22 heavy (non-hydrogen) atoms. The van der Waals surface area contributed by atoms with Crippen molar-refractivity contribution >= 4 is 5.97 Å². The number of carboxylic acids is 1. The van der Waals surface area contributed by atoms with E-state index in [4.69, 9.17) is 19.7 Å². The van der Waals surface area contributed by atoms with Gasteiger partial charge in [0, 0.05) is 0 Å². The van der Waals surface area contributed by atoms with Crippen LogP contribution < -0.4 is 0 Å². The van der Waals surface area contributed by atoms with E-state index in [1.807, 2.05) is 20.8 Å². The molecule has 7 nitrogen and oxygen atoms in total. The van der Waals surface area contributed by atoms with Crippen molar-refractivity contribution in [3.05, 3.63) is 0 Å². The fourth-order valence-electron chi connectivity index (χ4n) is 1.87. The highest BCUT2D eigenvalue weighted by Gasteiger charge is 2.33. The molecule has 0 aromatic carbocycles. The van der Waals surface area contributed by atoms with E-state index in [-0.39, 0.29) is 13.2 Å². The summed E-state index contributed by atoms with van der Waals surface area (Å²) >= 11 is 0. The van der Waals surface area contributed by atoms with Crippen molar-refractivity contribution < 1.29 is 34.7 Å². The molecule has 0 fully saturated rings. The molecule has 0 aliphatic rings. The van der Waals surface area contributed by atoms with E-state index < -0.39 is 36.5 Å². The largest absolute Gasteiger partial charge is 0.479 e. The lowest BCUT2D eigenvalue weighted by atomic mass is 9.96. The zero-order chi connectivity index (χ0) is 17.3. The normalized spacial score (nSPS) is 18.7. The van der Waals surface area contributed by atoms with Crippen molar-refractivity contribution in [2.45, 2.75) is 64.4 Å². The number of rotatable bonds is 12. The number of aliphatic carboxylic acids is 1. The third-order valence-electron chi connectivity index (χ3n) is 3.59. The summed E-state index contributed by atoms with van der Waals surface area (Å²) < 4.78 is 10.7. The van der Waals surface area contributed by atoms with Gasteiger partial charge in [-0.3, -0.25) is 0 Å². The SMILES string of the molecule is CCC(C)(OCC(O)CC(C)C)C(O)COCC(O)C(=O)O. The second-order valence-electron chi connectivity index (χ2n) is 6.17. The van der Waals surface area contributed by atoms with Crippen LogP contribution in [0.1, 0.15) is 40.5 Å². The number of carboxylic acid groups (broad SMARTS) is 1. The van der Waals surface area contributed by atoms with Crippen LogP contribution in [-0.2, 0) is 14.3 Å². The number of hydrogen-bond donors (Lipinski definition) is 4. The van der Waals surface area contributed by atoms with Gasteiger partial charge >= 0.3 is 5.97 Å². The molecule has 4 atom stereocenters. The van der Waals surface area contributed by atoms with Crippen molar-refractivity contribution in [2.75, 3.05) is 19.8 Å². The maximum Gasteiger partial charge on any atom is 0.334 e. The average molecular weight is 322 g/mol. The summed E-state index contributed by atoms with van der Waals surface area (Å²) in [6.45, 7) is 7.09. The Balaban J connectivity index is 4.30. The van der Waals surface area contributed by atoms with E-state index >= 15 is 0 Å². The van der Waals surface area contributed by atoms with Gasteiger partial charge in [-0.25, -0.2) is 4.79 Å². The van der Waals surface area contributed by atoms with Gasteiger partial charge in [-0.15, -0.1) is 0 Å². The molecular formula is C15H30O7. The molecular weight excluding hydrogens is 292 g/mol. The topological polar surface area (TPSA) is 116 Å². The number of ether oxygens (including phenoxy) is 2. The van der Waals surface area contributed by atoms with Crippen LogP contribution in [0.5, 0.6) is 0 Å². The highest BCUT2D eigenvalue weighted by molar-refractivity contribution is 5.71. The van der Waals surface area contributed by atoms with Gasteiger partial charge in [0.15, 0.2) is 6.10 Å². The standard InChI is InChI=1S/C15H30O7/c1-5-15(4,22-7-11(16)6-10(2)3)13(18)9-21-8-12(17)14(19)20/h10-13,16-18H,5-9H2,1-4H3,(H,19,20). The zero-order valence-electron chi connectivity index (χ0n) is 13.9. The Labute approximate surface area is 131 Å². The monoisotopic (exact) mass is 322 g/mol. The van der Waals surface area contributed by atoms with Crippen LogP contribution >= 0.6 is 0 Å². The van der Waals surface area contributed by atoms with Gasteiger partial charge in [-0.2, -0.15) is 0 Å². The lowest BCUT2D eigenvalue weighted by molar-refractivity contribution is -0.162. The third-order valence-corrected chi connectivity index (χ3v) is 3.59. The first kappa shape index (κ1) is 21.3. The maximum absolute atomic E-state index is 10.4. The van der Waals surface area contributed by atoms with E-state index in [1.54, 1.807) is 6.92 Å². The Morgan fingerprint density at radius 3 is 2.18 bits per heavy atom. The lowest BCUT2D eigenvalue weighted by Gasteiger charge is -2.34. The summed E-state index contributed by atoms with van der Waals surface area (Å²) in [5, 5.41) is 37.6. The Kier molecular flexibility index (Phi) is 9.79. The van der Waals surface area contributed by atoms with Gasteiger partial charge in [0.05, 0.1) is 31.5 Å². The van der Waals surface area contributed by atoms with Gasteiger partial charge in [0.1, 0.15) is 6.10 Å². The summed E-state index contributed by atoms with van der Waals surface area (Å²) in [5.41, 5.74) is -0.911. The number of carbonyl (C=O) groups is 1. The molecule has 0 spiro atoms. The highest BCUT2D eigenvalue weighted by Crippen LogP contribution is 2.22. The molecule has 132 valence electrons. The molecule has 0 amide bonds. The van der Waals surface area contributed by atoms with Crippen LogP contribution in [0, 0.1) is 5.92 Å². The van der Waals surface area contributed by atoms with E-state index in [1.165, 1.54) is 0 Å². The van der Waals surface area contributed by atoms with Gasteiger partial charge in [0.25, 0.3) is 0 Å². The minimum Gasteiger partial charge on any atom is -0.479 e. The number of hydrogen-bond acceptors (Lipinski definition) is 6. The molecule has 4 unspecified atom stereocenters. The summed E-state index contributed by atoms with van der Waals surface area (Å²) in [7, 11) is 0. The molecule has 0 radical (unpaired) electrons. The molecule has 0 aromatic heterocycles. The van der Waals surface area contributed by atoms with E-state index in [2.05, 4.69) is 0 Å². The second-order valence-corrected chi connectivity index (χ2v) is 6.17. The third kappa shape index (κ3) is 8.05. The fraction of sp³-hybridized carbons (Fsp3) is 0.933. The molecule has 0 aliphatic carbocycles. The summed E-state index contributed by atoms with van der Waals surface area (Å²) in [4.78, 5) is 10.4. The molecule has 0 bridgehead atoms.